The van der Waals surface area contributed by atoms with Crippen LogP contribution in [-0.4, -0.2) is 11.7 Å². The van der Waals surface area contributed by atoms with Crippen molar-refractivity contribution in [1.82, 2.24) is 0 Å². The SMILES string of the molecule is Cc1cc(NC(=O)C2C[C@H]3CCC[C@@H](C2)C3=O)ccc1Br. The summed E-state index contributed by atoms with van der Waals surface area (Å²) in [7, 11) is 0. The highest BCUT2D eigenvalue weighted by molar-refractivity contribution is 9.10. The number of carbonyl (C=O) groups excluding carboxylic acids is 2. The fourth-order valence-electron chi connectivity index (χ4n) is 3.66. The predicted octanol–water partition coefficient (Wildman–Crippen LogP) is 4.09. The standard InChI is InChI=1S/C17H20BrNO2/c1-10-7-14(5-6-15(10)18)19-17(21)13-8-11-3-2-4-12(9-13)16(11)20/h5-7,11-13H,2-4,8-9H2,1H3,(H,19,21)/t11-,12+,13?. The van der Waals surface area contributed by atoms with Crippen molar-refractivity contribution in [1.29, 1.82) is 0 Å². The van der Waals surface area contributed by atoms with Gasteiger partial charge in [0.05, 0.1) is 0 Å². The van der Waals surface area contributed by atoms with Crippen molar-refractivity contribution in [2.45, 2.75) is 39.0 Å². The molecule has 3 atom stereocenters. The van der Waals surface area contributed by atoms with Gasteiger partial charge in [-0.05, 0) is 56.4 Å². The van der Waals surface area contributed by atoms with E-state index in [-0.39, 0.29) is 23.7 Å². The summed E-state index contributed by atoms with van der Waals surface area (Å²) >= 11 is 3.46. The van der Waals surface area contributed by atoms with Crippen LogP contribution in [0.2, 0.25) is 0 Å². The minimum Gasteiger partial charge on any atom is -0.326 e. The molecule has 1 N–H and O–H groups in total. The number of ketones is 1. The second kappa shape index (κ2) is 5.91. The van der Waals surface area contributed by atoms with E-state index < -0.39 is 0 Å². The summed E-state index contributed by atoms with van der Waals surface area (Å²) in [5.41, 5.74) is 1.94. The summed E-state index contributed by atoms with van der Waals surface area (Å²) in [6.07, 6.45) is 4.54. The maximum Gasteiger partial charge on any atom is 0.227 e. The Bertz CT molecular complexity index is 568. The van der Waals surface area contributed by atoms with Gasteiger partial charge in [0.25, 0.3) is 0 Å². The molecule has 2 aliphatic carbocycles. The van der Waals surface area contributed by atoms with Gasteiger partial charge in [0.2, 0.25) is 5.91 Å². The molecule has 1 amide bonds. The molecule has 1 aromatic rings. The molecular weight excluding hydrogens is 330 g/mol. The first-order valence-electron chi connectivity index (χ1n) is 7.65. The minimum absolute atomic E-state index is 0.0121. The molecule has 0 radical (unpaired) electrons. The molecule has 2 bridgehead atoms. The van der Waals surface area contributed by atoms with Crippen molar-refractivity contribution in [3.05, 3.63) is 28.2 Å². The van der Waals surface area contributed by atoms with E-state index >= 15 is 0 Å². The Labute approximate surface area is 133 Å². The van der Waals surface area contributed by atoms with Crippen LogP contribution in [0.3, 0.4) is 0 Å². The van der Waals surface area contributed by atoms with Gasteiger partial charge >= 0.3 is 0 Å². The molecule has 1 aromatic carbocycles. The average Bonchev–Trinajstić information content (AvgIpc) is 2.42. The number of benzene rings is 1. The molecule has 0 spiro atoms. The number of carbonyl (C=O) groups is 2. The van der Waals surface area contributed by atoms with E-state index in [0.29, 0.717) is 5.78 Å². The lowest BCUT2D eigenvalue weighted by Gasteiger charge is -2.36. The first-order chi connectivity index (χ1) is 10.0. The van der Waals surface area contributed by atoms with Crippen LogP contribution >= 0.6 is 15.9 Å². The zero-order chi connectivity index (χ0) is 15.0. The minimum atomic E-state index is -0.0121. The Hall–Kier alpha value is -1.16. The summed E-state index contributed by atoms with van der Waals surface area (Å²) in [6.45, 7) is 2.00. The van der Waals surface area contributed by atoms with Crippen LogP contribution in [0, 0.1) is 24.7 Å². The lowest BCUT2D eigenvalue weighted by atomic mass is 9.67. The van der Waals surface area contributed by atoms with Crippen molar-refractivity contribution in [3.63, 3.8) is 0 Å². The molecule has 112 valence electrons. The van der Waals surface area contributed by atoms with E-state index in [1.165, 1.54) is 0 Å². The molecule has 0 saturated heterocycles. The molecule has 2 aliphatic rings. The Balaban J connectivity index is 1.68. The third-order valence-corrected chi connectivity index (χ3v) is 5.73. The number of amides is 1. The maximum absolute atomic E-state index is 12.5. The smallest absolute Gasteiger partial charge is 0.227 e. The van der Waals surface area contributed by atoms with Gasteiger partial charge in [-0.25, -0.2) is 0 Å². The van der Waals surface area contributed by atoms with E-state index in [1.807, 2.05) is 25.1 Å². The first kappa shape index (κ1) is 14.8. The molecule has 3 rings (SSSR count). The maximum atomic E-state index is 12.5. The Morgan fingerprint density at radius 3 is 2.52 bits per heavy atom. The van der Waals surface area contributed by atoms with Gasteiger partial charge in [-0.3, -0.25) is 9.59 Å². The van der Waals surface area contributed by atoms with Gasteiger partial charge < -0.3 is 5.32 Å². The van der Waals surface area contributed by atoms with Gasteiger partial charge in [-0.15, -0.1) is 0 Å². The topological polar surface area (TPSA) is 46.2 Å². The second-order valence-electron chi connectivity index (χ2n) is 6.35. The number of hydrogen-bond acceptors (Lipinski definition) is 2. The average molecular weight is 350 g/mol. The highest BCUT2D eigenvalue weighted by atomic mass is 79.9. The summed E-state index contributed by atoms with van der Waals surface area (Å²) in [5.74, 6) is 0.715. The Morgan fingerprint density at radius 1 is 1.24 bits per heavy atom. The molecule has 0 heterocycles. The Kier molecular flexibility index (Phi) is 4.16. The van der Waals surface area contributed by atoms with Crippen LogP contribution in [0.5, 0.6) is 0 Å². The van der Waals surface area contributed by atoms with Crippen molar-refractivity contribution < 1.29 is 9.59 Å². The van der Waals surface area contributed by atoms with Crippen LogP contribution in [0.1, 0.15) is 37.7 Å². The fourth-order valence-corrected chi connectivity index (χ4v) is 3.91. The molecular formula is C17H20BrNO2. The highest BCUT2D eigenvalue weighted by Gasteiger charge is 2.41. The number of aryl methyl sites for hydroxylation is 1. The van der Waals surface area contributed by atoms with E-state index in [0.717, 1.165) is 47.8 Å². The molecule has 21 heavy (non-hydrogen) atoms. The number of anilines is 1. The van der Waals surface area contributed by atoms with Crippen LogP contribution in [-0.2, 0) is 9.59 Å². The van der Waals surface area contributed by atoms with Gasteiger partial charge in [0, 0.05) is 27.9 Å². The summed E-state index contributed by atoms with van der Waals surface area (Å²) < 4.78 is 1.04. The van der Waals surface area contributed by atoms with Crippen molar-refractivity contribution >= 4 is 33.3 Å². The van der Waals surface area contributed by atoms with Crippen molar-refractivity contribution in [2.24, 2.45) is 17.8 Å². The van der Waals surface area contributed by atoms with Gasteiger partial charge in [0.1, 0.15) is 5.78 Å². The number of fused-ring (bicyclic) bond motifs is 2. The quantitative estimate of drug-likeness (QED) is 0.873. The van der Waals surface area contributed by atoms with Crippen molar-refractivity contribution in [3.8, 4) is 0 Å². The molecule has 2 fully saturated rings. The zero-order valence-electron chi connectivity index (χ0n) is 12.2. The van der Waals surface area contributed by atoms with Crippen LogP contribution in [0.25, 0.3) is 0 Å². The molecule has 3 nitrogen and oxygen atoms in total. The molecule has 0 aliphatic heterocycles. The van der Waals surface area contributed by atoms with Gasteiger partial charge in [-0.1, -0.05) is 22.4 Å². The van der Waals surface area contributed by atoms with Gasteiger partial charge in [-0.2, -0.15) is 0 Å². The molecule has 0 aromatic heterocycles. The lowest BCUT2D eigenvalue weighted by molar-refractivity contribution is -0.136. The molecule has 1 unspecified atom stereocenters. The summed E-state index contributed by atoms with van der Waals surface area (Å²) in [5, 5.41) is 3.01. The predicted molar refractivity (Wildman–Crippen MR) is 86.1 cm³/mol. The lowest BCUT2D eigenvalue weighted by Crippen LogP contribution is -2.40. The first-order valence-corrected chi connectivity index (χ1v) is 8.44. The van der Waals surface area contributed by atoms with E-state index in [1.54, 1.807) is 0 Å². The number of Topliss-reactive ketones (excluding diaryl/α,β-unsaturated/α-hetero) is 1. The highest BCUT2D eigenvalue weighted by Crippen LogP contribution is 2.40. The number of nitrogens with one attached hydrogen (secondary N) is 1. The monoisotopic (exact) mass is 349 g/mol. The van der Waals surface area contributed by atoms with Crippen LogP contribution < -0.4 is 5.32 Å². The number of hydrogen-bond donors (Lipinski definition) is 1. The third kappa shape index (κ3) is 3.05. The third-order valence-electron chi connectivity index (χ3n) is 4.84. The number of rotatable bonds is 2. The molecule has 4 heteroatoms. The Morgan fingerprint density at radius 2 is 1.90 bits per heavy atom. The van der Waals surface area contributed by atoms with Crippen LogP contribution in [0.15, 0.2) is 22.7 Å². The molecule has 2 saturated carbocycles. The van der Waals surface area contributed by atoms with E-state index in [2.05, 4.69) is 21.2 Å². The normalized spacial score (nSPS) is 28.3. The largest absolute Gasteiger partial charge is 0.326 e. The summed E-state index contributed by atoms with van der Waals surface area (Å²) in [4.78, 5) is 24.5. The van der Waals surface area contributed by atoms with Crippen LogP contribution in [0.4, 0.5) is 5.69 Å². The second-order valence-corrected chi connectivity index (χ2v) is 7.20. The van der Waals surface area contributed by atoms with Gasteiger partial charge in [0.15, 0.2) is 0 Å². The summed E-state index contributed by atoms with van der Waals surface area (Å²) in [6, 6.07) is 5.82. The van der Waals surface area contributed by atoms with Crippen molar-refractivity contribution in [2.75, 3.05) is 5.32 Å². The van der Waals surface area contributed by atoms with E-state index in [9.17, 15) is 9.59 Å². The fraction of sp³-hybridized carbons (Fsp3) is 0.529. The van der Waals surface area contributed by atoms with E-state index in [4.69, 9.17) is 0 Å². The zero-order valence-corrected chi connectivity index (χ0v) is 13.8. The number of halogens is 1.